The topological polar surface area (TPSA) is 95.9 Å². The van der Waals surface area contributed by atoms with E-state index in [2.05, 4.69) is 5.32 Å². The number of allylic oxidation sites excluding steroid dienone is 2. The fourth-order valence-electron chi connectivity index (χ4n) is 5.56. The van der Waals surface area contributed by atoms with Gasteiger partial charge >= 0.3 is 5.97 Å². The highest BCUT2D eigenvalue weighted by atomic mass is 19.1. The van der Waals surface area contributed by atoms with Crippen LogP contribution in [0.4, 0.5) is 4.39 Å². The van der Waals surface area contributed by atoms with Crippen LogP contribution in [0.1, 0.15) is 49.7 Å². The average molecular weight is 551 g/mol. The highest BCUT2D eigenvalue weighted by Crippen LogP contribution is 2.25. The van der Waals surface area contributed by atoms with E-state index in [-0.39, 0.29) is 55.2 Å². The van der Waals surface area contributed by atoms with E-state index in [4.69, 9.17) is 4.74 Å². The monoisotopic (exact) mass is 550 g/mol. The summed E-state index contributed by atoms with van der Waals surface area (Å²) in [6, 6.07) is 15.1. The molecule has 0 bridgehead atoms. The summed E-state index contributed by atoms with van der Waals surface area (Å²) >= 11 is 0. The van der Waals surface area contributed by atoms with Gasteiger partial charge in [-0.05, 0) is 68.2 Å². The molecule has 0 spiro atoms. The Kier molecular flexibility index (Phi) is 10.9. The molecule has 2 heterocycles. The smallest absolute Gasteiger partial charge is 0.309 e. The van der Waals surface area contributed by atoms with Gasteiger partial charge in [0.05, 0.1) is 30.5 Å². The normalized spacial score (nSPS) is 23.6. The molecule has 214 valence electrons. The predicted molar refractivity (Wildman–Crippen MR) is 150 cm³/mol. The summed E-state index contributed by atoms with van der Waals surface area (Å²) in [7, 11) is 0. The Labute approximate surface area is 235 Å². The molecule has 2 N–H and O–H groups in total. The van der Waals surface area contributed by atoms with Crippen molar-refractivity contribution in [2.75, 3.05) is 19.8 Å². The number of hydrogen-bond acceptors (Lipinski definition) is 5. The fourth-order valence-corrected chi connectivity index (χ4v) is 5.56. The minimum absolute atomic E-state index is 0.0185. The van der Waals surface area contributed by atoms with E-state index >= 15 is 0 Å². The van der Waals surface area contributed by atoms with Crippen LogP contribution in [0.5, 0.6) is 0 Å². The van der Waals surface area contributed by atoms with Gasteiger partial charge in [0.25, 0.3) is 0 Å². The quantitative estimate of drug-likeness (QED) is 0.383. The SMILES string of the molecule is O=C(C[C@H]1C/C=C\CC[C@H](Cc2ccc(F)cc2)C(=O)OC[C@H]2CCCN2C1=O)N[C@H](CO)Cc1ccccc1. The van der Waals surface area contributed by atoms with Crippen molar-refractivity contribution < 1.29 is 28.6 Å². The molecule has 2 aliphatic heterocycles. The molecule has 40 heavy (non-hydrogen) atoms. The lowest BCUT2D eigenvalue weighted by atomic mass is 9.94. The zero-order chi connectivity index (χ0) is 28.3. The number of cyclic esters (lactones) is 1. The van der Waals surface area contributed by atoms with Crippen LogP contribution >= 0.6 is 0 Å². The molecular weight excluding hydrogens is 511 g/mol. The number of halogens is 1. The number of benzene rings is 2. The van der Waals surface area contributed by atoms with Crippen molar-refractivity contribution >= 4 is 17.8 Å². The van der Waals surface area contributed by atoms with E-state index < -0.39 is 12.0 Å². The average Bonchev–Trinajstić information content (AvgIpc) is 3.43. The zero-order valence-corrected chi connectivity index (χ0v) is 22.8. The Morgan fingerprint density at radius 2 is 1.80 bits per heavy atom. The summed E-state index contributed by atoms with van der Waals surface area (Å²) in [5.74, 6) is -1.92. The maximum Gasteiger partial charge on any atom is 0.309 e. The Morgan fingerprint density at radius 1 is 1.02 bits per heavy atom. The summed E-state index contributed by atoms with van der Waals surface area (Å²) in [6.45, 7) is 0.494. The van der Waals surface area contributed by atoms with Crippen LogP contribution in [-0.2, 0) is 32.0 Å². The minimum atomic E-state index is -0.542. The van der Waals surface area contributed by atoms with Gasteiger partial charge in [0, 0.05) is 13.0 Å². The van der Waals surface area contributed by atoms with Gasteiger partial charge in [-0.2, -0.15) is 0 Å². The number of fused-ring (bicyclic) bond motifs is 1. The molecule has 1 saturated heterocycles. The number of hydrogen-bond donors (Lipinski definition) is 2. The van der Waals surface area contributed by atoms with Gasteiger partial charge in [-0.25, -0.2) is 4.39 Å². The van der Waals surface area contributed by atoms with Gasteiger partial charge in [-0.15, -0.1) is 0 Å². The van der Waals surface area contributed by atoms with Crippen molar-refractivity contribution in [1.29, 1.82) is 0 Å². The molecule has 2 aromatic rings. The van der Waals surface area contributed by atoms with Gasteiger partial charge in [-0.3, -0.25) is 14.4 Å². The standard InChI is InChI=1S/C32H39FN2O5/c33-27-15-13-24(14-16-27)18-26-11-6-2-5-10-25(31(38)35-17-7-12-29(35)22-40-32(26)39)20-30(37)34-28(21-36)19-23-8-3-1-4-9-23/h1-5,8-9,13-16,25-26,28-29,36H,6-7,10-12,17-22H2,(H,34,37)/b5-2-/t25-,26-,28+,29-/m1/s1. The van der Waals surface area contributed by atoms with Gasteiger partial charge in [-0.1, -0.05) is 54.6 Å². The van der Waals surface area contributed by atoms with Crippen molar-refractivity contribution in [2.24, 2.45) is 11.8 Å². The number of nitrogens with zero attached hydrogens (tertiary/aromatic N) is 1. The van der Waals surface area contributed by atoms with E-state index in [1.165, 1.54) is 12.1 Å². The maximum atomic E-state index is 13.6. The van der Waals surface area contributed by atoms with E-state index in [9.17, 15) is 23.9 Å². The first-order chi connectivity index (χ1) is 19.4. The van der Waals surface area contributed by atoms with Crippen LogP contribution in [0, 0.1) is 17.7 Å². The summed E-state index contributed by atoms with van der Waals surface area (Å²) < 4.78 is 19.1. The summed E-state index contributed by atoms with van der Waals surface area (Å²) in [5, 5.41) is 12.7. The van der Waals surface area contributed by atoms with Crippen molar-refractivity contribution in [3.05, 3.63) is 83.7 Å². The first-order valence-electron chi connectivity index (χ1n) is 14.2. The molecular formula is C32H39FN2O5. The third-order valence-electron chi connectivity index (χ3n) is 7.77. The van der Waals surface area contributed by atoms with E-state index in [0.717, 1.165) is 24.0 Å². The molecule has 0 aromatic heterocycles. The second-order valence-corrected chi connectivity index (χ2v) is 10.8. The van der Waals surface area contributed by atoms with Gasteiger partial charge in [0.15, 0.2) is 0 Å². The van der Waals surface area contributed by atoms with E-state index in [0.29, 0.717) is 38.6 Å². The van der Waals surface area contributed by atoms with Crippen LogP contribution in [0.15, 0.2) is 66.7 Å². The third-order valence-corrected chi connectivity index (χ3v) is 7.77. The lowest BCUT2D eigenvalue weighted by Gasteiger charge is -2.29. The summed E-state index contributed by atoms with van der Waals surface area (Å²) in [5.41, 5.74) is 1.88. The molecule has 2 aliphatic rings. The highest BCUT2D eigenvalue weighted by Gasteiger charge is 2.35. The number of aliphatic hydroxyl groups excluding tert-OH is 1. The zero-order valence-electron chi connectivity index (χ0n) is 22.8. The number of amides is 2. The van der Waals surface area contributed by atoms with Crippen LogP contribution in [0.2, 0.25) is 0 Å². The van der Waals surface area contributed by atoms with Crippen molar-refractivity contribution in [3.63, 3.8) is 0 Å². The Balaban J connectivity index is 1.42. The van der Waals surface area contributed by atoms with Crippen molar-refractivity contribution in [2.45, 2.75) is 63.5 Å². The molecule has 0 radical (unpaired) electrons. The van der Waals surface area contributed by atoms with Crippen molar-refractivity contribution in [3.8, 4) is 0 Å². The van der Waals surface area contributed by atoms with Gasteiger partial charge in [0.1, 0.15) is 12.4 Å². The Morgan fingerprint density at radius 3 is 2.55 bits per heavy atom. The molecule has 2 amide bonds. The second-order valence-electron chi connectivity index (χ2n) is 10.8. The number of carbonyl (C=O) groups excluding carboxylic acids is 3. The largest absolute Gasteiger partial charge is 0.463 e. The maximum absolute atomic E-state index is 13.6. The third kappa shape index (κ3) is 8.49. The summed E-state index contributed by atoms with van der Waals surface area (Å²) in [4.78, 5) is 41.4. The van der Waals surface area contributed by atoms with Crippen LogP contribution in [0.25, 0.3) is 0 Å². The highest BCUT2D eigenvalue weighted by molar-refractivity contribution is 5.86. The lowest BCUT2D eigenvalue weighted by molar-refractivity contribution is -0.152. The van der Waals surface area contributed by atoms with Gasteiger partial charge in [0.2, 0.25) is 11.8 Å². The fraction of sp³-hybridized carbons (Fsp3) is 0.469. The molecule has 0 aliphatic carbocycles. The summed E-state index contributed by atoms with van der Waals surface area (Å²) in [6.07, 6.45) is 7.99. The van der Waals surface area contributed by atoms with Crippen molar-refractivity contribution in [1.82, 2.24) is 10.2 Å². The number of esters is 1. The van der Waals surface area contributed by atoms with Crippen LogP contribution in [0.3, 0.4) is 0 Å². The molecule has 4 rings (SSSR count). The van der Waals surface area contributed by atoms with E-state index in [1.54, 1.807) is 17.0 Å². The number of ether oxygens (including phenoxy) is 1. The lowest BCUT2D eigenvalue weighted by Crippen LogP contribution is -2.45. The molecule has 1 fully saturated rings. The Hall–Kier alpha value is -3.52. The predicted octanol–water partition coefficient (Wildman–Crippen LogP) is 3.98. The number of carbonyl (C=O) groups is 3. The first-order valence-corrected chi connectivity index (χ1v) is 14.2. The Bertz CT molecular complexity index is 1150. The minimum Gasteiger partial charge on any atom is -0.463 e. The number of aliphatic hydroxyl groups is 1. The van der Waals surface area contributed by atoms with Gasteiger partial charge < -0.3 is 20.1 Å². The molecule has 4 atom stereocenters. The number of rotatable bonds is 8. The molecule has 7 nitrogen and oxygen atoms in total. The molecule has 0 saturated carbocycles. The number of nitrogens with one attached hydrogen (secondary N) is 1. The molecule has 8 heteroatoms. The molecule has 2 aromatic carbocycles. The van der Waals surface area contributed by atoms with E-state index in [1.807, 2.05) is 42.5 Å². The van der Waals surface area contributed by atoms with Crippen LogP contribution in [-0.4, -0.2) is 59.6 Å². The van der Waals surface area contributed by atoms with Crippen LogP contribution < -0.4 is 5.32 Å². The first kappa shape index (κ1) is 29.5. The second kappa shape index (κ2) is 14.7. The molecule has 0 unspecified atom stereocenters.